The van der Waals surface area contributed by atoms with Crippen LogP contribution in [0.2, 0.25) is 0 Å². The van der Waals surface area contributed by atoms with Gasteiger partial charge >= 0.3 is 0 Å². The minimum atomic E-state index is 0.327. The van der Waals surface area contributed by atoms with E-state index in [4.69, 9.17) is 4.74 Å². The zero-order valence-electron chi connectivity index (χ0n) is 9.20. The van der Waals surface area contributed by atoms with Gasteiger partial charge in [0.15, 0.2) is 0 Å². The SMILES string of the molecule is COCCCCNCc1cccc(O)c1. The number of unbranched alkanes of at least 4 members (excludes halogenated alkanes) is 1. The molecule has 3 nitrogen and oxygen atoms in total. The molecule has 0 aliphatic heterocycles. The molecule has 84 valence electrons. The Kier molecular flexibility index (Phi) is 5.81. The Bertz CT molecular complexity index is 276. The molecule has 2 N–H and O–H groups in total. The summed E-state index contributed by atoms with van der Waals surface area (Å²) in [6, 6.07) is 7.32. The molecule has 0 radical (unpaired) electrons. The summed E-state index contributed by atoms with van der Waals surface area (Å²) in [6.45, 7) is 2.62. The lowest BCUT2D eigenvalue weighted by molar-refractivity contribution is 0.192. The summed E-state index contributed by atoms with van der Waals surface area (Å²) in [7, 11) is 1.72. The van der Waals surface area contributed by atoms with E-state index in [1.54, 1.807) is 19.2 Å². The Morgan fingerprint density at radius 1 is 1.33 bits per heavy atom. The van der Waals surface area contributed by atoms with Crippen molar-refractivity contribution in [3.05, 3.63) is 29.8 Å². The van der Waals surface area contributed by atoms with Gasteiger partial charge in [0, 0.05) is 20.3 Å². The van der Waals surface area contributed by atoms with Crippen LogP contribution in [0.1, 0.15) is 18.4 Å². The van der Waals surface area contributed by atoms with Crippen LogP contribution in [0.5, 0.6) is 5.75 Å². The van der Waals surface area contributed by atoms with Crippen LogP contribution in [-0.4, -0.2) is 25.4 Å². The molecule has 0 fully saturated rings. The van der Waals surface area contributed by atoms with Gasteiger partial charge in [-0.1, -0.05) is 12.1 Å². The van der Waals surface area contributed by atoms with E-state index in [1.165, 1.54) is 0 Å². The highest BCUT2D eigenvalue weighted by molar-refractivity contribution is 5.26. The van der Waals surface area contributed by atoms with E-state index in [2.05, 4.69) is 5.32 Å². The van der Waals surface area contributed by atoms with E-state index in [0.29, 0.717) is 5.75 Å². The van der Waals surface area contributed by atoms with Gasteiger partial charge in [-0.3, -0.25) is 0 Å². The van der Waals surface area contributed by atoms with Gasteiger partial charge in [-0.2, -0.15) is 0 Å². The molecule has 0 amide bonds. The number of rotatable bonds is 7. The zero-order valence-corrected chi connectivity index (χ0v) is 9.20. The van der Waals surface area contributed by atoms with Crippen molar-refractivity contribution in [3.63, 3.8) is 0 Å². The molecule has 0 unspecified atom stereocenters. The number of hydrogen-bond donors (Lipinski definition) is 2. The first kappa shape index (κ1) is 12.0. The molecule has 0 atom stereocenters. The molecular formula is C12H19NO2. The molecule has 1 aromatic carbocycles. The van der Waals surface area contributed by atoms with Crippen LogP contribution in [0.15, 0.2) is 24.3 Å². The predicted molar refractivity (Wildman–Crippen MR) is 60.9 cm³/mol. The second-order valence-electron chi connectivity index (χ2n) is 3.55. The average molecular weight is 209 g/mol. The van der Waals surface area contributed by atoms with E-state index >= 15 is 0 Å². The maximum atomic E-state index is 9.24. The summed E-state index contributed by atoms with van der Waals surface area (Å²) in [5.41, 5.74) is 1.11. The fourth-order valence-corrected chi connectivity index (χ4v) is 1.40. The third-order valence-electron chi connectivity index (χ3n) is 2.19. The highest BCUT2D eigenvalue weighted by atomic mass is 16.5. The molecule has 0 saturated heterocycles. The fourth-order valence-electron chi connectivity index (χ4n) is 1.40. The molecule has 0 bridgehead atoms. The minimum Gasteiger partial charge on any atom is -0.508 e. The topological polar surface area (TPSA) is 41.5 Å². The van der Waals surface area contributed by atoms with Crippen LogP contribution in [0, 0.1) is 0 Å². The van der Waals surface area contributed by atoms with E-state index in [9.17, 15) is 5.11 Å². The first-order chi connectivity index (χ1) is 7.33. The Morgan fingerprint density at radius 3 is 2.93 bits per heavy atom. The number of hydrogen-bond acceptors (Lipinski definition) is 3. The van der Waals surface area contributed by atoms with Crippen LogP contribution in [0.25, 0.3) is 0 Å². The number of nitrogens with one attached hydrogen (secondary N) is 1. The largest absolute Gasteiger partial charge is 0.508 e. The van der Waals surface area contributed by atoms with Crippen molar-refractivity contribution in [1.82, 2.24) is 5.32 Å². The molecule has 0 aliphatic carbocycles. The summed E-state index contributed by atoms with van der Waals surface area (Å²) < 4.78 is 4.96. The molecule has 1 aromatic rings. The summed E-state index contributed by atoms with van der Waals surface area (Å²) in [5.74, 6) is 0.327. The number of methoxy groups -OCH3 is 1. The normalized spacial score (nSPS) is 10.5. The Balaban J connectivity index is 2.10. The maximum absolute atomic E-state index is 9.24. The van der Waals surface area contributed by atoms with Crippen LogP contribution >= 0.6 is 0 Å². The maximum Gasteiger partial charge on any atom is 0.115 e. The fraction of sp³-hybridized carbons (Fsp3) is 0.500. The van der Waals surface area contributed by atoms with Crippen molar-refractivity contribution in [1.29, 1.82) is 0 Å². The van der Waals surface area contributed by atoms with Crippen LogP contribution in [0.4, 0.5) is 0 Å². The Morgan fingerprint density at radius 2 is 2.20 bits per heavy atom. The van der Waals surface area contributed by atoms with Gasteiger partial charge in [-0.05, 0) is 37.1 Å². The first-order valence-electron chi connectivity index (χ1n) is 5.30. The van der Waals surface area contributed by atoms with E-state index in [1.807, 2.05) is 12.1 Å². The second kappa shape index (κ2) is 7.26. The smallest absolute Gasteiger partial charge is 0.115 e. The number of benzene rings is 1. The van der Waals surface area contributed by atoms with Crippen molar-refractivity contribution < 1.29 is 9.84 Å². The summed E-state index contributed by atoms with van der Waals surface area (Å²) in [6.07, 6.45) is 2.20. The summed E-state index contributed by atoms with van der Waals surface area (Å²) >= 11 is 0. The number of phenolic OH excluding ortho intramolecular Hbond substituents is 1. The van der Waals surface area contributed by atoms with Gasteiger partial charge in [-0.25, -0.2) is 0 Å². The number of ether oxygens (including phenoxy) is 1. The summed E-state index contributed by atoms with van der Waals surface area (Å²) in [4.78, 5) is 0. The predicted octanol–water partition coefficient (Wildman–Crippen LogP) is 1.91. The monoisotopic (exact) mass is 209 g/mol. The lowest BCUT2D eigenvalue weighted by Gasteiger charge is -2.05. The van der Waals surface area contributed by atoms with Gasteiger partial charge in [-0.15, -0.1) is 0 Å². The number of phenols is 1. The molecular weight excluding hydrogens is 190 g/mol. The minimum absolute atomic E-state index is 0.327. The molecule has 0 saturated carbocycles. The van der Waals surface area contributed by atoms with Crippen molar-refractivity contribution >= 4 is 0 Å². The van der Waals surface area contributed by atoms with Crippen LogP contribution < -0.4 is 5.32 Å². The van der Waals surface area contributed by atoms with Crippen molar-refractivity contribution in [2.75, 3.05) is 20.3 Å². The van der Waals surface area contributed by atoms with Gasteiger partial charge in [0.1, 0.15) is 5.75 Å². The standard InChI is InChI=1S/C12H19NO2/c1-15-8-3-2-7-13-10-11-5-4-6-12(14)9-11/h4-6,9,13-14H,2-3,7-8,10H2,1H3. The quantitative estimate of drug-likeness (QED) is 0.674. The van der Waals surface area contributed by atoms with Crippen LogP contribution in [-0.2, 0) is 11.3 Å². The highest BCUT2D eigenvalue weighted by Crippen LogP contribution is 2.10. The second-order valence-corrected chi connectivity index (χ2v) is 3.55. The third kappa shape index (κ3) is 5.40. The van der Waals surface area contributed by atoms with Crippen molar-refractivity contribution in [3.8, 4) is 5.75 Å². The van der Waals surface area contributed by atoms with E-state index in [0.717, 1.165) is 38.1 Å². The zero-order chi connectivity index (χ0) is 10.9. The van der Waals surface area contributed by atoms with Gasteiger partial charge in [0.25, 0.3) is 0 Å². The average Bonchev–Trinajstić information content (AvgIpc) is 2.23. The van der Waals surface area contributed by atoms with E-state index in [-0.39, 0.29) is 0 Å². The molecule has 3 heteroatoms. The molecule has 1 rings (SSSR count). The Labute approximate surface area is 91.1 Å². The Hall–Kier alpha value is -1.06. The highest BCUT2D eigenvalue weighted by Gasteiger charge is 1.94. The van der Waals surface area contributed by atoms with Gasteiger partial charge in [0.2, 0.25) is 0 Å². The van der Waals surface area contributed by atoms with Crippen molar-refractivity contribution in [2.24, 2.45) is 0 Å². The molecule has 15 heavy (non-hydrogen) atoms. The molecule has 0 aliphatic rings. The third-order valence-corrected chi connectivity index (χ3v) is 2.19. The van der Waals surface area contributed by atoms with Gasteiger partial charge < -0.3 is 15.2 Å². The molecule has 0 aromatic heterocycles. The molecule has 0 spiro atoms. The lowest BCUT2D eigenvalue weighted by atomic mass is 10.2. The van der Waals surface area contributed by atoms with Crippen LogP contribution in [0.3, 0.4) is 0 Å². The van der Waals surface area contributed by atoms with Gasteiger partial charge in [0.05, 0.1) is 0 Å². The first-order valence-corrected chi connectivity index (χ1v) is 5.30. The van der Waals surface area contributed by atoms with Crippen molar-refractivity contribution in [2.45, 2.75) is 19.4 Å². The lowest BCUT2D eigenvalue weighted by Crippen LogP contribution is -2.14. The summed E-state index contributed by atoms with van der Waals surface area (Å²) in [5, 5.41) is 12.6. The number of aromatic hydroxyl groups is 1. The molecule has 0 heterocycles. The van der Waals surface area contributed by atoms with E-state index < -0.39 is 0 Å².